The monoisotopic (exact) mass is 272 g/mol. The number of carbonyl (C=O) groups is 1. The average molecular weight is 272 g/mol. The van der Waals surface area contributed by atoms with Gasteiger partial charge in [0, 0.05) is 13.6 Å². The van der Waals surface area contributed by atoms with Crippen LogP contribution in [0.4, 0.5) is 5.69 Å². The van der Waals surface area contributed by atoms with Gasteiger partial charge in [-0.15, -0.1) is 0 Å². The number of rotatable bonds is 5. The first-order chi connectivity index (χ1) is 8.88. The molecule has 0 bridgehead atoms. The summed E-state index contributed by atoms with van der Waals surface area (Å²) in [4.78, 5) is 44.4. The Morgan fingerprint density at radius 2 is 2.16 bits per heavy atom. The van der Waals surface area contributed by atoms with Crippen LogP contribution >= 0.6 is 0 Å². The maximum Gasteiger partial charge on any atom is 0.350 e. The van der Waals surface area contributed by atoms with Gasteiger partial charge < -0.3 is 10.4 Å². The third-order valence-electron chi connectivity index (χ3n) is 2.25. The SMILES string of the molecule is Cn1cc([N+](=O)[O-])c(=O)n(CC(=O)NCCO)c1=O. The second-order valence-corrected chi connectivity index (χ2v) is 3.63. The van der Waals surface area contributed by atoms with Crippen molar-refractivity contribution in [2.24, 2.45) is 7.05 Å². The van der Waals surface area contributed by atoms with E-state index in [1.165, 1.54) is 7.05 Å². The molecular weight excluding hydrogens is 260 g/mol. The zero-order valence-corrected chi connectivity index (χ0v) is 10.0. The molecule has 1 aromatic heterocycles. The molecule has 0 saturated carbocycles. The highest BCUT2D eigenvalue weighted by Crippen LogP contribution is 1.98. The molecule has 0 unspecified atom stereocenters. The van der Waals surface area contributed by atoms with Crippen LogP contribution in [0.5, 0.6) is 0 Å². The zero-order valence-electron chi connectivity index (χ0n) is 10.0. The lowest BCUT2D eigenvalue weighted by Crippen LogP contribution is -2.43. The molecule has 1 amide bonds. The van der Waals surface area contributed by atoms with E-state index in [0.29, 0.717) is 4.57 Å². The summed E-state index contributed by atoms with van der Waals surface area (Å²) in [6, 6.07) is 0. The quantitative estimate of drug-likeness (QED) is 0.451. The maximum absolute atomic E-state index is 11.7. The van der Waals surface area contributed by atoms with Gasteiger partial charge in [-0.05, 0) is 0 Å². The standard InChI is InChI=1S/C9H12N4O6/c1-11-4-6(13(18)19)8(16)12(9(11)17)5-7(15)10-2-3-14/h4,14H,2-3,5H2,1H3,(H,10,15). The largest absolute Gasteiger partial charge is 0.395 e. The maximum atomic E-state index is 11.7. The van der Waals surface area contributed by atoms with Crippen molar-refractivity contribution in [2.45, 2.75) is 6.54 Å². The summed E-state index contributed by atoms with van der Waals surface area (Å²) in [6.07, 6.45) is 0.798. The number of aliphatic hydroxyl groups is 1. The van der Waals surface area contributed by atoms with E-state index in [9.17, 15) is 24.5 Å². The fourth-order valence-corrected chi connectivity index (χ4v) is 1.37. The number of nitro groups is 1. The van der Waals surface area contributed by atoms with Crippen LogP contribution in [0.1, 0.15) is 0 Å². The molecule has 0 radical (unpaired) electrons. The van der Waals surface area contributed by atoms with Gasteiger partial charge in [0.25, 0.3) is 0 Å². The Morgan fingerprint density at radius 1 is 1.53 bits per heavy atom. The van der Waals surface area contributed by atoms with Gasteiger partial charge in [0.1, 0.15) is 6.54 Å². The fraction of sp³-hybridized carbons (Fsp3) is 0.444. The molecule has 0 spiro atoms. The lowest BCUT2D eigenvalue weighted by molar-refractivity contribution is -0.387. The number of nitrogens with zero attached hydrogens (tertiary/aromatic N) is 3. The highest BCUT2D eigenvalue weighted by Gasteiger charge is 2.19. The van der Waals surface area contributed by atoms with Gasteiger partial charge in [-0.1, -0.05) is 0 Å². The summed E-state index contributed by atoms with van der Waals surface area (Å²) < 4.78 is 1.31. The zero-order chi connectivity index (χ0) is 14.6. The number of carbonyl (C=O) groups excluding carboxylic acids is 1. The first-order valence-corrected chi connectivity index (χ1v) is 5.21. The van der Waals surface area contributed by atoms with Crippen LogP contribution in [0.25, 0.3) is 0 Å². The van der Waals surface area contributed by atoms with Crippen LogP contribution in [-0.4, -0.2) is 38.2 Å². The highest BCUT2D eigenvalue weighted by molar-refractivity contribution is 5.75. The molecule has 104 valence electrons. The number of aliphatic hydroxyl groups excluding tert-OH is 1. The van der Waals surface area contributed by atoms with E-state index < -0.39 is 34.3 Å². The smallest absolute Gasteiger partial charge is 0.350 e. The molecule has 0 atom stereocenters. The molecule has 1 aromatic rings. The number of hydrogen-bond donors (Lipinski definition) is 2. The molecule has 1 heterocycles. The molecule has 0 fully saturated rings. The summed E-state index contributed by atoms with van der Waals surface area (Å²) >= 11 is 0. The number of aryl methyl sites for hydroxylation is 1. The molecule has 0 aliphatic heterocycles. The number of aromatic nitrogens is 2. The number of amides is 1. The summed E-state index contributed by atoms with van der Waals surface area (Å²) in [5.74, 6) is -0.700. The van der Waals surface area contributed by atoms with Crippen LogP contribution in [0.3, 0.4) is 0 Å². The van der Waals surface area contributed by atoms with Gasteiger partial charge in [0.2, 0.25) is 5.91 Å². The Kier molecular flexibility index (Phi) is 4.53. The van der Waals surface area contributed by atoms with Gasteiger partial charge in [-0.3, -0.25) is 24.3 Å². The lowest BCUT2D eigenvalue weighted by atomic mass is 10.4. The van der Waals surface area contributed by atoms with Crippen molar-refractivity contribution in [1.29, 1.82) is 0 Å². The Morgan fingerprint density at radius 3 is 2.68 bits per heavy atom. The first kappa shape index (κ1) is 14.6. The fourth-order valence-electron chi connectivity index (χ4n) is 1.37. The topological polar surface area (TPSA) is 136 Å². The van der Waals surface area contributed by atoms with E-state index >= 15 is 0 Å². The Balaban J connectivity index is 3.20. The molecule has 0 aliphatic rings. The van der Waals surface area contributed by atoms with E-state index in [2.05, 4.69) is 5.32 Å². The molecule has 10 heteroatoms. The molecule has 1 rings (SSSR count). The molecule has 19 heavy (non-hydrogen) atoms. The van der Waals surface area contributed by atoms with Crippen molar-refractivity contribution in [3.05, 3.63) is 37.1 Å². The van der Waals surface area contributed by atoms with Gasteiger partial charge >= 0.3 is 16.9 Å². The van der Waals surface area contributed by atoms with Crippen LogP contribution < -0.4 is 16.6 Å². The predicted octanol–water partition coefficient (Wildman–Crippen LogP) is -2.44. The minimum Gasteiger partial charge on any atom is -0.395 e. The van der Waals surface area contributed by atoms with E-state index in [1.54, 1.807) is 0 Å². The van der Waals surface area contributed by atoms with Crippen molar-refractivity contribution < 1.29 is 14.8 Å². The van der Waals surface area contributed by atoms with Crippen molar-refractivity contribution in [2.75, 3.05) is 13.2 Å². The van der Waals surface area contributed by atoms with Gasteiger partial charge in [-0.25, -0.2) is 9.36 Å². The Bertz CT molecular complexity index is 616. The van der Waals surface area contributed by atoms with Crippen LogP contribution in [0.15, 0.2) is 15.8 Å². The number of hydrogen-bond acceptors (Lipinski definition) is 6. The average Bonchev–Trinajstić information content (AvgIpc) is 2.36. The van der Waals surface area contributed by atoms with Gasteiger partial charge in [0.05, 0.1) is 17.7 Å². The van der Waals surface area contributed by atoms with Crippen molar-refractivity contribution in [3.8, 4) is 0 Å². The first-order valence-electron chi connectivity index (χ1n) is 5.21. The van der Waals surface area contributed by atoms with Gasteiger partial charge in [0.15, 0.2) is 0 Å². The van der Waals surface area contributed by atoms with E-state index in [4.69, 9.17) is 5.11 Å². The minimum absolute atomic E-state index is 0.0389. The van der Waals surface area contributed by atoms with Crippen LogP contribution in [0, 0.1) is 10.1 Å². The second kappa shape index (κ2) is 5.91. The van der Waals surface area contributed by atoms with Crippen LogP contribution in [0.2, 0.25) is 0 Å². The van der Waals surface area contributed by atoms with E-state index in [1.807, 2.05) is 0 Å². The highest BCUT2D eigenvalue weighted by atomic mass is 16.6. The van der Waals surface area contributed by atoms with Gasteiger partial charge in [-0.2, -0.15) is 0 Å². The van der Waals surface area contributed by atoms with Crippen molar-refractivity contribution in [1.82, 2.24) is 14.5 Å². The summed E-state index contributed by atoms with van der Waals surface area (Å²) in [5.41, 5.74) is -2.78. The van der Waals surface area contributed by atoms with Crippen molar-refractivity contribution in [3.63, 3.8) is 0 Å². The second-order valence-electron chi connectivity index (χ2n) is 3.63. The van der Waals surface area contributed by atoms with Crippen molar-refractivity contribution >= 4 is 11.6 Å². The third-order valence-corrected chi connectivity index (χ3v) is 2.25. The van der Waals surface area contributed by atoms with E-state index in [0.717, 1.165) is 10.8 Å². The summed E-state index contributed by atoms with van der Waals surface area (Å²) in [5, 5.41) is 21.4. The normalized spacial score (nSPS) is 10.2. The summed E-state index contributed by atoms with van der Waals surface area (Å²) in [6.45, 7) is -0.983. The Hall–Kier alpha value is -2.49. The predicted molar refractivity (Wildman–Crippen MR) is 62.7 cm³/mol. The molecule has 0 aliphatic carbocycles. The summed E-state index contributed by atoms with van der Waals surface area (Å²) in [7, 11) is 1.23. The molecular formula is C9H12N4O6. The Labute approximate surface area is 106 Å². The molecule has 2 N–H and O–H groups in total. The molecule has 0 saturated heterocycles. The molecule has 10 nitrogen and oxygen atoms in total. The number of nitrogens with one attached hydrogen (secondary N) is 1. The molecule has 0 aromatic carbocycles. The lowest BCUT2D eigenvalue weighted by Gasteiger charge is -2.07. The minimum atomic E-state index is -1.15. The third kappa shape index (κ3) is 3.25. The van der Waals surface area contributed by atoms with Crippen LogP contribution in [-0.2, 0) is 18.4 Å². The van der Waals surface area contributed by atoms with E-state index in [-0.39, 0.29) is 13.2 Å².